The number of anilines is 1. The van der Waals surface area contributed by atoms with Crippen LogP contribution in [0.25, 0.3) is 16.9 Å². The van der Waals surface area contributed by atoms with Gasteiger partial charge in [0.15, 0.2) is 0 Å². The topological polar surface area (TPSA) is 83.6 Å². The Balaban J connectivity index is 1.38. The Morgan fingerprint density at radius 2 is 1.84 bits per heavy atom. The van der Waals surface area contributed by atoms with Crippen LogP contribution in [0.15, 0.2) is 54.7 Å². The second kappa shape index (κ2) is 8.36. The van der Waals surface area contributed by atoms with Crippen LogP contribution in [0.1, 0.15) is 39.2 Å². The number of hydrogen-bond acceptors (Lipinski definition) is 5. The SMILES string of the molecule is N#Cc1c(NC(=O)c2ccc(-n3nncc3-c3ccc(F)cc3)cc2)sc2c1CCCC2. The molecule has 6 nitrogen and oxygen atoms in total. The first-order valence-corrected chi connectivity index (χ1v) is 11.1. The quantitative estimate of drug-likeness (QED) is 0.473. The van der Waals surface area contributed by atoms with E-state index in [1.165, 1.54) is 28.3 Å². The molecule has 0 aliphatic heterocycles. The number of amides is 1. The predicted molar refractivity (Wildman–Crippen MR) is 120 cm³/mol. The third-order valence-electron chi connectivity index (χ3n) is 5.57. The lowest BCUT2D eigenvalue weighted by Crippen LogP contribution is -2.12. The second-order valence-electron chi connectivity index (χ2n) is 7.57. The van der Waals surface area contributed by atoms with E-state index in [1.807, 2.05) is 0 Å². The number of halogens is 1. The van der Waals surface area contributed by atoms with Gasteiger partial charge in [0, 0.05) is 16.0 Å². The molecule has 0 radical (unpaired) electrons. The Labute approximate surface area is 187 Å². The lowest BCUT2D eigenvalue weighted by molar-refractivity contribution is 0.102. The van der Waals surface area contributed by atoms with Gasteiger partial charge in [-0.25, -0.2) is 9.07 Å². The van der Waals surface area contributed by atoms with E-state index in [-0.39, 0.29) is 11.7 Å². The lowest BCUT2D eigenvalue weighted by Gasteiger charge is -2.09. The number of carbonyl (C=O) groups excluding carboxylic acids is 1. The van der Waals surface area contributed by atoms with Gasteiger partial charge in [0.05, 0.1) is 23.1 Å². The Hall–Kier alpha value is -3.83. The van der Waals surface area contributed by atoms with Gasteiger partial charge in [-0.3, -0.25) is 4.79 Å². The number of hydrogen-bond donors (Lipinski definition) is 1. The summed E-state index contributed by atoms with van der Waals surface area (Å²) in [6, 6.07) is 15.3. The second-order valence-corrected chi connectivity index (χ2v) is 8.67. The van der Waals surface area contributed by atoms with Crippen LogP contribution < -0.4 is 5.32 Å². The third-order valence-corrected chi connectivity index (χ3v) is 6.78. The molecule has 158 valence electrons. The number of benzene rings is 2. The lowest BCUT2D eigenvalue weighted by atomic mass is 9.96. The first kappa shape index (κ1) is 20.1. The molecule has 4 aromatic rings. The molecule has 8 heteroatoms. The predicted octanol–water partition coefficient (Wildman–Crippen LogP) is 5.14. The van der Waals surface area contributed by atoms with Crippen LogP contribution in [0.5, 0.6) is 0 Å². The Morgan fingerprint density at radius 3 is 2.59 bits per heavy atom. The molecule has 5 rings (SSSR count). The summed E-state index contributed by atoms with van der Waals surface area (Å²) < 4.78 is 14.9. The normalized spacial score (nSPS) is 12.8. The van der Waals surface area contributed by atoms with Gasteiger partial charge >= 0.3 is 0 Å². The highest BCUT2D eigenvalue weighted by Crippen LogP contribution is 2.37. The van der Waals surface area contributed by atoms with Crippen molar-refractivity contribution < 1.29 is 9.18 Å². The van der Waals surface area contributed by atoms with Crippen molar-refractivity contribution in [3.63, 3.8) is 0 Å². The van der Waals surface area contributed by atoms with Crippen LogP contribution in [0, 0.1) is 17.1 Å². The zero-order valence-corrected chi connectivity index (χ0v) is 17.8. The number of fused-ring (bicyclic) bond motifs is 1. The van der Waals surface area contributed by atoms with Gasteiger partial charge in [-0.05, 0) is 79.8 Å². The average molecular weight is 444 g/mol. The maximum atomic E-state index is 13.2. The van der Waals surface area contributed by atoms with Crippen LogP contribution in [0.4, 0.5) is 9.39 Å². The summed E-state index contributed by atoms with van der Waals surface area (Å²) in [4.78, 5) is 14.0. The summed E-state index contributed by atoms with van der Waals surface area (Å²) in [5, 5.41) is 21.2. The average Bonchev–Trinajstić information content (AvgIpc) is 3.44. The molecule has 0 fully saturated rings. The molecule has 0 saturated heterocycles. The summed E-state index contributed by atoms with van der Waals surface area (Å²) >= 11 is 1.51. The van der Waals surface area contributed by atoms with Crippen molar-refractivity contribution in [1.82, 2.24) is 15.0 Å². The van der Waals surface area contributed by atoms with E-state index in [1.54, 1.807) is 47.3 Å². The summed E-state index contributed by atoms with van der Waals surface area (Å²) in [5.74, 6) is -0.571. The molecule has 0 atom stereocenters. The van der Waals surface area contributed by atoms with Gasteiger partial charge in [-0.1, -0.05) is 5.21 Å². The summed E-state index contributed by atoms with van der Waals surface area (Å²) in [6.07, 6.45) is 5.67. The first-order chi connectivity index (χ1) is 15.6. The molecule has 2 aromatic carbocycles. The van der Waals surface area contributed by atoms with Crippen LogP contribution in [-0.2, 0) is 12.8 Å². The molecule has 1 aliphatic rings. The van der Waals surface area contributed by atoms with Crippen molar-refractivity contribution in [2.45, 2.75) is 25.7 Å². The van der Waals surface area contributed by atoms with E-state index in [9.17, 15) is 14.4 Å². The molecule has 1 N–H and O–H groups in total. The molecule has 2 heterocycles. The van der Waals surface area contributed by atoms with Gasteiger partial charge in [0.2, 0.25) is 0 Å². The van der Waals surface area contributed by atoms with E-state index in [0.717, 1.165) is 42.5 Å². The number of aromatic nitrogens is 3. The monoisotopic (exact) mass is 443 g/mol. The van der Waals surface area contributed by atoms with Crippen molar-refractivity contribution in [1.29, 1.82) is 5.26 Å². The first-order valence-electron chi connectivity index (χ1n) is 10.3. The number of nitriles is 1. The molecule has 0 spiro atoms. The maximum absolute atomic E-state index is 13.2. The highest BCUT2D eigenvalue weighted by molar-refractivity contribution is 7.16. The molecular weight excluding hydrogens is 425 g/mol. The minimum absolute atomic E-state index is 0.260. The molecule has 0 saturated carbocycles. The summed E-state index contributed by atoms with van der Waals surface area (Å²) in [6.45, 7) is 0. The summed E-state index contributed by atoms with van der Waals surface area (Å²) in [7, 11) is 0. The fraction of sp³-hybridized carbons (Fsp3) is 0.167. The van der Waals surface area contributed by atoms with E-state index in [0.29, 0.717) is 21.8 Å². The standard InChI is InChI=1S/C24H18FN5OS/c25-17-9-5-15(6-10-17)21-14-27-29-30(21)18-11-7-16(8-12-18)23(31)28-24-20(13-26)19-3-1-2-4-22(19)32-24/h5-12,14H,1-4H2,(H,28,31). The zero-order chi connectivity index (χ0) is 22.1. The molecule has 1 aliphatic carbocycles. The number of rotatable bonds is 4. The number of nitrogens with zero attached hydrogens (tertiary/aromatic N) is 4. The van der Waals surface area contributed by atoms with Crippen molar-refractivity contribution >= 4 is 22.2 Å². The Kier molecular flexibility index (Phi) is 5.25. The Bertz CT molecular complexity index is 1330. The molecule has 0 unspecified atom stereocenters. The van der Waals surface area contributed by atoms with Gasteiger partial charge in [-0.2, -0.15) is 5.26 Å². The molecule has 2 aromatic heterocycles. The number of nitrogens with one attached hydrogen (secondary N) is 1. The van der Waals surface area contributed by atoms with Gasteiger partial charge in [0.25, 0.3) is 5.91 Å². The molecular formula is C24H18FN5OS. The van der Waals surface area contributed by atoms with E-state index in [2.05, 4.69) is 21.7 Å². The molecule has 1 amide bonds. The highest BCUT2D eigenvalue weighted by atomic mass is 32.1. The van der Waals surface area contributed by atoms with Crippen molar-refractivity contribution in [2.24, 2.45) is 0 Å². The highest BCUT2D eigenvalue weighted by Gasteiger charge is 2.22. The van der Waals surface area contributed by atoms with Gasteiger partial charge < -0.3 is 5.32 Å². The maximum Gasteiger partial charge on any atom is 0.256 e. The van der Waals surface area contributed by atoms with Crippen molar-refractivity contribution in [3.05, 3.63) is 82.1 Å². The van der Waals surface area contributed by atoms with Crippen molar-refractivity contribution in [2.75, 3.05) is 5.32 Å². The van der Waals surface area contributed by atoms with Gasteiger partial charge in [0.1, 0.15) is 16.9 Å². The third kappa shape index (κ3) is 3.67. The largest absolute Gasteiger partial charge is 0.312 e. The van der Waals surface area contributed by atoms with E-state index >= 15 is 0 Å². The molecule has 32 heavy (non-hydrogen) atoms. The smallest absolute Gasteiger partial charge is 0.256 e. The van der Waals surface area contributed by atoms with Crippen LogP contribution in [0.3, 0.4) is 0 Å². The van der Waals surface area contributed by atoms with E-state index < -0.39 is 0 Å². The summed E-state index contributed by atoms with van der Waals surface area (Å²) in [5.41, 5.74) is 4.39. The zero-order valence-electron chi connectivity index (χ0n) is 17.0. The fourth-order valence-electron chi connectivity index (χ4n) is 3.94. The minimum Gasteiger partial charge on any atom is -0.312 e. The fourth-order valence-corrected chi connectivity index (χ4v) is 5.18. The van der Waals surface area contributed by atoms with E-state index in [4.69, 9.17) is 0 Å². The minimum atomic E-state index is -0.311. The van der Waals surface area contributed by atoms with Gasteiger partial charge in [-0.15, -0.1) is 16.4 Å². The van der Waals surface area contributed by atoms with Crippen LogP contribution >= 0.6 is 11.3 Å². The van der Waals surface area contributed by atoms with Crippen LogP contribution in [0.2, 0.25) is 0 Å². The Morgan fingerprint density at radius 1 is 1.09 bits per heavy atom. The van der Waals surface area contributed by atoms with Crippen LogP contribution in [-0.4, -0.2) is 20.9 Å². The number of thiophene rings is 1. The molecule has 0 bridgehead atoms. The number of aryl methyl sites for hydroxylation is 1. The number of carbonyl (C=O) groups is 1. The van der Waals surface area contributed by atoms with Crippen molar-refractivity contribution in [3.8, 4) is 23.0 Å².